The van der Waals surface area contributed by atoms with Crippen LogP contribution in [-0.4, -0.2) is 40.0 Å². The number of amides is 1. The third-order valence-electron chi connectivity index (χ3n) is 5.37. The zero-order valence-electron chi connectivity index (χ0n) is 14.8. The van der Waals surface area contributed by atoms with Gasteiger partial charge in [0.2, 0.25) is 5.91 Å². The number of aromatic nitrogens is 2. The highest BCUT2D eigenvalue weighted by Crippen LogP contribution is 2.30. The van der Waals surface area contributed by atoms with Crippen LogP contribution in [0.1, 0.15) is 48.3 Å². The van der Waals surface area contributed by atoms with E-state index in [2.05, 4.69) is 21.7 Å². The average Bonchev–Trinajstić information content (AvgIpc) is 3.32. The van der Waals surface area contributed by atoms with Gasteiger partial charge < -0.3 is 14.3 Å². The molecule has 1 saturated heterocycles. The molecule has 1 unspecified atom stereocenters. The van der Waals surface area contributed by atoms with Gasteiger partial charge in [-0.15, -0.1) is 0 Å². The standard InChI is InChI=1S/C19H26N4O2/c1-14-21-17-6-2-3-7-18(17)23(14)15-8-9-22(12-15)13-19(24)20-11-16-5-4-10-25-16/h4-5,10,15H,2-3,6-9,11-13H2,1H3,(H,20,24). The van der Waals surface area contributed by atoms with Crippen molar-refractivity contribution in [2.45, 2.75) is 51.6 Å². The summed E-state index contributed by atoms with van der Waals surface area (Å²) in [5.74, 6) is 1.98. The van der Waals surface area contributed by atoms with E-state index < -0.39 is 0 Å². The first kappa shape index (κ1) is 16.4. The van der Waals surface area contributed by atoms with Crippen molar-refractivity contribution in [1.82, 2.24) is 19.8 Å². The molecule has 0 saturated carbocycles. The number of carbonyl (C=O) groups is 1. The van der Waals surface area contributed by atoms with E-state index in [0.717, 1.165) is 43.9 Å². The molecule has 4 rings (SSSR count). The Morgan fingerprint density at radius 3 is 3.12 bits per heavy atom. The third kappa shape index (κ3) is 3.49. The van der Waals surface area contributed by atoms with Crippen LogP contribution >= 0.6 is 0 Å². The minimum absolute atomic E-state index is 0.0569. The fraction of sp³-hybridized carbons (Fsp3) is 0.579. The molecular weight excluding hydrogens is 316 g/mol. The van der Waals surface area contributed by atoms with Crippen molar-refractivity contribution in [1.29, 1.82) is 0 Å². The number of imidazole rings is 1. The molecule has 1 atom stereocenters. The maximum absolute atomic E-state index is 12.2. The van der Waals surface area contributed by atoms with Crippen LogP contribution in [0.2, 0.25) is 0 Å². The number of nitrogens with one attached hydrogen (secondary N) is 1. The number of likely N-dealkylation sites (tertiary alicyclic amines) is 1. The van der Waals surface area contributed by atoms with Crippen molar-refractivity contribution >= 4 is 5.91 Å². The van der Waals surface area contributed by atoms with E-state index in [-0.39, 0.29) is 5.91 Å². The molecule has 6 nitrogen and oxygen atoms in total. The molecule has 0 bridgehead atoms. The lowest BCUT2D eigenvalue weighted by Gasteiger charge is -2.21. The lowest BCUT2D eigenvalue weighted by Crippen LogP contribution is -2.36. The van der Waals surface area contributed by atoms with Crippen LogP contribution in [0.4, 0.5) is 0 Å². The molecular formula is C19H26N4O2. The summed E-state index contributed by atoms with van der Waals surface area (Å²) in [6, 6.07) is 4.16. The van der Waals surface area contributed by atoms with E-state index in [4.69, 9.17) is 9.40 Å². The molecule has 0 spiro atoms. The maximum Gasteiger partial charge on any atom is 0.234 e. The highest BCUT2D eigenvalue weighted by Gasteiger charge is 2.29. The summed E-state index contributed by atoms with van der Waals surface area (Å²) in [6.07, 6.45) is 7.51. The molecule has 6 heteroatoms. The summed E-state index contributed by atoms with van der Waals surface area (Å²) < 4.78 is 7.70. The van der Waals surface area contributed by atoms with E-state index in [0.29, 0.717) is 19.1 Å². The zero-order valence-corrected chi connectivity index (χ0v) is 14.8. The van der Waals surface area contributed by atoms with E-state index >= 15 is 0 Å². The molecule has 0 radical (unpaired) electrons. The van der Waals surface area contributed by atoms with Gasteiger partial charge in [-0.05, 0) is 51.2 Å². The fourth-order valence-corrected chi connectivity index (χ4v) is 4.21. The quantitative estimate of drug-likeness (QED) is 0.905. The first-order valence-corrected chi connectivity index (χ1v) is 9.28. The van der Waals surface area contributed by atoms with Crippen molar-refractivity contribution in [2.24, 2.45) is 0 Å². The summed E-state index contributed by atoms with van der Waals surface area (Å²) in [5, 5.41) is 2.93. The molecule has 25 heavy (non-hydrogen) atoms. The Morgan fingerprint density at radius 2 is 2.28 bits per heavy atom. The monoisotopic (exact) mass is 342 g/mol. The van der Waals surface area contributed by atoms with Gasteiger partial charge in [0.05, 0.1) is 25.0 Å². The summed E-state index contributed by atoms with van der Waals surface area (Å²) in [5.41, 5.74) is 2.75. The van der Waals surface area contributed by atoms with Crippen molar-refractivity contribution in [2.75, 3.05) is 19.6 Å². The van der Waals surface area contributed by atoms with Crippen molar-refractivity contribution in [3.63, 3.8) is 0 Å². The summed E-state index contributed by atoms with van der Waals surface area (Å²) in [4.78, 5) is 19.2. The highest BCUT2D eigenvalue weighted by molar-refractivity contribution is 5.77. The second-order valence-corrected chi connectivity index (χ2v) is 7.16. The molecule has 1 N–H and O–H groups in total. The number of nitrogens with zero attached hydrogens (tertiary/aromatic N) is 3. The number of furan rings is 1. The zero-order chi connectivity index (χ0) is 17.2. The summed E-state index contributed by atoms with van der Waals surface area (Å²) in [7, 11) is 0. The number of carbonyl (C=O) groups excluding carboxylic acids is 1. The second-order valence-electron chi connectivity index (χ2n) is 7.16. The minimum atomic E-state index is 0.0569. The molecule has 0 aromatic carbocycles. The Morgan fingerprint density at radius 1 is 1.40 bits per heavy atom. The summed E-state index contributed by atoms with van der Waals surface area (Å²) >= 11 is 0. The van der Waals surface area contributed by atoms with Crippen molar-refractivity contribution in [3.8, 4) is 0 Å². The number of rotatable bonds is 5. The number of fused-ring (bicyclic) bond motifs is 1. The molecule has 2 aromatic rings. The van der Waals surface area contributed by atoms with E-state index in [9.17, 15) is 4.79 Å². The molecule has 134 valence electrons. The minimum Gasteiger partial charge on any atom is -0.467 e. The largest absolute Gasteiger partial charge is 0.467 e. The highest BCUT2D eigenvalue weighted by atomic mass is 16.3. The molecule has 2 aliphatic rings. The van der Waals surface area contributed by atoms with Crippen LogP contribution in [0.15, 0.2) is 22.8 Å². The van der Waals surface area contributed by atoms with Crippen molar-refractivity contribution < 1.29 is 9.21 Å². The molecule has 1 fully saturated rings. The number of hydrogen-bond donors (Lipinski definition) is 1. The van der Waals surface area contributed by atoms with E-state index in [1.807, 2.05) is 12.1 Å². The molecule has 3 heterocycles. The van der Waals surface area contributed by atoms with Gasteiger partial charge in [-0.25, -0.2) is 4.98 Å². The van der Waals surface area contributed by atoms with Crippen LogP contribution in [0.25, 0.3) is 0 Å². The smallest absolute Gasteiger partial charge is 0.234 e. The van der Waals surface area contributed by atoms with Gasteiger partial charge >= 0.3 is 0 Å². The van der Waals surface area contributed by atoms with Crippen LogP contribution in [0.3, 0.4) is 0 Å². The topological polar surface area (TPSA) is 63.3 Å². The van der Waals surface area contributed by atoms with Crippen LogP contribution in [0.5, 0.6) is 0 Å². The third-order valence-corrected chi connectivity index (χ3v) is 5.37. The fourth-order valence-electron chi connectivity index (χ4n) is 4.21. The van der Waals surface area contributed by atoms with Gasteiger partial charge in [-0.3, -0.25) is 9.69 Å². The lowest BCUT2D eigenvalue weighted by molar-refractivity contribution is -0.122. The summed E-state index contributed by atoms with van der Waals surface area (Å²) in [6.45, 7) is 4.92. The normalized spacial score (nSPS) is 20.6. The molecule has 1 amide bonds. The first-order valence-electron chi connectivity index (χ1n) is 9.28. The Bertz CT molecular complexity index is 735. The molecule has 2 aromatic heterocycles. The Hall–Kier alpha value is -2.08. The molecule has 1 aliphatic heterocycles. The van der Waals surface area contributed by atoms with Gasteiger partial charge in [0.15, 0.2) is 0 Å². The second kappa shape index (κ2) is 7.04. The van der Waals surface area contributed by atoms with Crippen LogP contribution in [-0.2, 0) is 24.2 Å². The van der Waals surface area contributed by atoms with Crippen molar-refractivity contribution in [3.05, 3.63) is 41.4 Å². The lowest BCUT2D eigenvalue weighted by atomic mass is 10.0. The van der Waals surface area contributed by atoms with Crippen LogP contribution in [0, 0.1) is 6.92 Å². The van der Waals surface area contributed by atoms with E-state index in [1.54, 1.807) is 6.26 Å². The van der Waals surface area contributed by atoms with Gasteiger partial charge in [-0.1, -0.05) is 0 Å². The predicted octanol–water partition coefficient (Wildman–Crippen LogP) is 2.23. The first-order chi connectivity index (χ1) is 12.2. The number of aryl methyl sites for hydroxylation is 2. The van der Waals surface area contributed by atoms with Crippen LogP contribution < -0.4 is 5.32 Å². The molecule has 1 aliphatic carbocycles. The Kier molecular flexibility index (Phi) is 4.61. The van der Waals surface area contributed by atoms with Gasteiger partial charge in [0.25, 0.3) is 0 Å². The average molecular weight is 342 g/mol. The van der Waals surface area contributed by atoms with Gasteiger partial charge in [0.1, 0.15) is 11.6 Å². The predicted molar refractivity (Wildman–Crippen MR) is 94.3 cm³/mol. The Balaban J connectivity index is 1.34. The Labute approximate surface area is 148 Å². The van der Waals surface area contributed by atoms with Gasteiger partial charge in [0, 0.05) is 24.8 Å². The number of hydrogen-bond acceptors (Lipinski definition) is 4. The van der Waals surface area contributed by atoms with Gasteiger partial charge in [-0.2, -0.15) is 0 Å². The maximum atomic E-state index is 12.2. The SMILES string of the molecule is Cc1nc2c(n1C1CCN(CC(=O)NCc3ccco3)C1)CCCC2. The van der Waals surface area contributed by atoms with E-state index in [1.165, 1.54) is 24.2 Å².